The number of amides is 1. The molecule has 0 bridgehead atoms. The van der Waals surface area contributed by atoms with Gasteiger partial charge in [0.25, 0.3) is 5.91 Å². The monoisotopic (exact) mass is 528 g/mol. The van der Waals surface area contributed by atoms with Crippen molar-refractivity contribution in [3.8, 4) is 0 Å². The number of morpholine rings is 1. The minimum atomic E-state index is -3.65. The maximum atomic E-state index is 13.1. The van der Waals surface area contributed by atoms with Crippen LogP contribution in [0.1, 0.15) is 32.0 Å². The molecule has 1 aliphatic heterocycles. The Morgan fingerprint density at radius 1 is 1.11 bits per heavy atom. The molecule has 1 aromatic heterocycles. The zero-order valence-electron chi connectivity index (χ0n) is 20.9. The fraction of sp³-hybridized carbons (Fsp3) is 0.423. The number of carbonyl (C=O) groups is 2. The van der Waals surface area contributed by atoms with E-state index in [1.807, 2.05) is 10.6 Å². The summed E-state index contributed by atoms with van der Waals surface area (Å²) >= 11 is 0. The molecule has 1 amide bonds. The Morgan fingerprint density at radius 2 is 1.86 bits per heavy atom. The number of nitrogens with zero attached hydrogens (tertiary/aromatic N) is 3. The second kappa shape index (κ2) is 12.3. The second-order valence-electron chi connectivity index (χ2n) is 8.78. The van der Waals surface area contributed by atoms with Gasteiger partial charge in [0.2, 0.25) is 10.0 Å². The van der Waals surface area contributed by atoms with Crippen LogP contribution in [0.4, 0.5) is 5.69 Å². The lowest BCUT2D eigenvalue weighted by Crippen LogP contribution is -2.40. The summed E-state index contributed by atoms with van der Waals surface area (Å²) in [6.07, 6.45) is 2.24. The fourth-order valence-electron chi connectivity index (χ4n) is 4.16. The number of esters is 1. The van der Waals surface area contributed by atoms with Crippen molar-refractivity contribution in [2.45, 2.75) is 44.0 Å². The van der Waals surface area contributed by atoms with Crippen molar-refractivity contribution in [3.05, 3.63) is 54.4 Å². The van der Waals surface area contributed by atoms with E-state index in [-0.39, 0.29) is 17.9 Å². The van der Waals surface area contributed by atoms with E-state index < -0.39 is 21.9 Å². The van der Waals surface area contributed by atoms with Gasteiger partial charge < -0.3 is 19.4 Å². The smallest absolute Gasteiger partial charge is 0.306 e. The highest BCUT2D eigenvalue weighted by Crippen LogP contribution is 2.24. The zero-order valence-corrected chi connectivity index (χ0v) is 21.7. The van der Waals surface area contributed by atoms with Gasteiger partial charge in [0.05, 0.1) is 35.6 Å². The van der Waals surface area contributed by atoms with E-state index in [0.717, 1.165) is 18.4 Å². The number of sulfonamides is 1. The molecule has 10 nitrogen and oxygen atoms in total. The summed E-state index contributed by atoms with van der Waals surface area (Å²) in [5.41, 5.74) is 2.01. The lowest BCUT2D eigenvalue weighted by Gasteiger charge is -2.26. The highest BCUT2D eigenvalue weighted by Gasteiger charge is 2.27. The van der Waals surface area contributed by atoms with Crippen molar-refractivity contribution in [3.63, 3.8) is 0 Å². The quantitative estimate of drug-likeness (QED) is 0.380. The minimum absolute atomic E-state index is 0.0486. The van der Waals surface area contributed by atoms with Crippen LogP contribution in [-0.4, -0.2) is 67.1 Å². The SMILES string of the molecule is CCCCn1c(CCC(=O)OCC(=O)Nc2ccccc2)nc2cc(S(=O)(=O)N3CCOCC3)ccc21. The topological polar surface area (TPSA) is 120 Å². The first-order chi connectivity index (χ1) is 17.9. The van der Waals surface area contributed by atoms with E-state index >= 15 is 0 Å². The van der Waals surface area contributed by atoms with Crippen LogP contribution >= 0.6 is 0 Å². The number of hydrogen-bond donors (Lipinski definition) is 1. The molecule has 0 aliphatic carbocycles. The summed E-state index contributed by atoms with van der Waals surface area (Å²) < 4.78 is 40.1. The Morgan fingerprint density at radius 3 is 2.59 bits per heavy atom. The van der Waals surface area contributed by atoms with Crippen LogP contribution in [0.5, 0.6) is 0 Å². The largest absolute Gasteiger partial charge is 0.456 e. The summed E-state index contributed by atoms with van der Waals surface area (Å²) in [6, 6.07) is 13.9. The van der Waals surface area contributed by atoms with E-state index in [9.17, 15) is 18.0 Å². The Labute approximate surface area is 216 Å². The second-order valence-corrected chi connectivity index (χ2v) is 10.7. The minimum Gasteiger partial charge on any atom is -0.456 e. The molecule has 11 heteroatoms. The first kappa shape index (κ1) is 26.8. The number of aryl methyl sites for hydroxylation is 2. The molecule has 0 radical (unpaired) electrons. The molecule has 1 saturated heterocycles. The van der Waals surface area contributed by atoms with Crippen LogP contribution < -0.4 is 5.32 Å². The van der Waals surface area contributed by atoms with Crippen molar-refractivity contribution in [1.29, 1.82) is 0 Å². The molecule has 1 aliphatic rings. The number of ether oxygens (including phenoxy) is 2. The van der Waals surface area contributed by atoms with Gasteiger partial charge in [-0.05, 0) is 36.8 Å². The molecule has 0 spiro atoms. The van der Waals surface area contributed by atoms with Gasteiger partial charge in [-0.3, -0.25) is 9.59 Å². The summed E-state index contributed by atoms with van der Waals surface area (Å²) in [5.74, 6) is -0.244. The molecular formula is C26H32N4O6S. The summed E-state index contributed by atoms with van der Waals surface area (Å²) in [7, 11) is -3.65. The number of hydrogen-bond acceptors (Lipinski definition) is 7. The number of carbonyl (C=O) groups excluding carboxylic acids is 2. The van der Waals surface area contributed by atoms with Crippen LogP contribution in [0.15, 0.2) is 53.4 Å². The Balaban J connectivity index is 1.43. The highest BCUT2D eigenvalue weighted by atomic mass is 32.2. The lowest BCUT2D eigenvalue weighted by atomic mass is 10.2. The van der Waals surface area contributed by atoms with Gasteiger partial charge in [0.1, 0.15) is 5.82 Å². The Hall–Kier alpha value is -3.28. The fourth-order valence-corrected chi connectivity index (χ4v) is 5.59. The van der Waals surface area contributed by atoms with Crippen molar-refractivity contribution < 1.29 is 27.5 Å². The number of anilines is 1. The predicted molar refractivity (Wildman–Crippen MR) is 139 cm³/mol. The first-order valence-corrected chi connectivity index (χ1v) is 13.9. The van der Waals surface area contributed by atoms with Gasteiger partial charge in [-0.25, -0.2) is 13.4 Å². The van der Waals surface area contributed by atoms with Gasteiger partial charge in [0, 0.05) is 31.7 Å². The van der Waals surface area contributed by atoms with E-state index in [4.69, 9.17) is 9.47 Å². The maximum Gasteiger partial charge on any atom is 0.306 e. The van der Waals surface area contributed by atoms with Crippen LogP contribution in [0.25, 0.3) is 11.0 Å². The van der Waals surface area contributed by atoms with Crippen LogP contribution in [0, 0.1) is 0 Å². The van der Waals surface area contributed by atoms with Crippen molar-refractivity contribution >= 4 is 38.6 Å². The van der Waals surface area contributed by atoms with Crippen molar-refractivity contribution in [1.82, 2.24) is 13.9 Å². The molecule has 1 fully saturated rings. The molecular weight excluding hydrogens is 496 g/mol. The van der Waals surface area contributed by atoms with Crippen LogP contribution in [-0.2, 0) is 42.1 Å². The molecule has 3 aromatic rings. The summed E-state index contributed by atoms with van der Waals surface area (Å²) in [4.78, 5) is 29.3. The zero-order chi connectivity index (χ0) is 26.3. The standard InChI is InChI=1S/C26H32N4O6S/c1-2-3-13-30-23-10-9-21(37(33,34)29-14-16-35-17-15-29)18-22(23)28-24(30)11-12-26(32)36-19-25(31)27-20-7-5-4-6-8-20/h4-10,18H,2-3,11-17,19H2,1H3,(H,27,31). The number of rotatable bonds is 11. The molecule has 0 atom stereocenters. The maximum absolute atomic E-state index is 13.1. The molecule has 1 N–H and O–H groups in total. The Kier molecular flexibility index (Phi) is 8.91. The van der Waals surface area contributed by atoms with Gasteiger partial charge >= 0.3 is 5.97 Å². The lowest BCUT2D eigenvalue weighted by molar-refractivity contribution is -0.147. The van der Waals surface area contributed by atoms with E-state index in [1.165, 1.54) is 4.31 Å². The van der Waals surface area contributed by atoms with Crippen molar-refractivity contribution in [2.75, 3.05) is 38.2 Å². The third-order valence-electron chi connectivity index (χ3n) is 6.12. The first-order valence-electron chi connectivity index (χ1n) is 12.5. The Bertz CT molecular complexity index is 1330. The third-order valence-corrected chi connectivity index (χ3v) is 8.01. The van der Waals surface area contributed by atoms with Gasteiger partial charge in [-0.1, -0.05) is 31.5 Å². The van der Waals surface area contributed by atoms with Crippen LogP contribution in [0.3, 0.4) is 0 Å². The number of fused-ring (bicyclic) bond motifs is 1. The molecule has 0 saturated carbocycles. The number of imidazole rings is 1. The average Bonchev–Trinajstić information content (AvgIpc) is 3.27. The molecule has 4 rings (SSSR count). The third kappa shape index (κ3) is 6.73. The molecule has 0 unspecified atom stereocenters. The molecule has 2 heterocycles. The van der Waals surface area contributed by atoms with Gasteiger partial charge in [-0.15, -0.1) is 0 Å². The van der Waals surface area contributed by atoms with Gasteiger partial charge in [-0.2, -0.15) is 4.31 Å². The van der Waals surface area contributed by atoms with Gasteiger partial charge in [0.15, 0.2) is 6.61 Å². The average molecular weight is 529 g/mol. The number of nitrogens with one attached hydrogen (secondary N) is 1. The number of benzene rings is 2. The summed E-state index contributed by atoms with van der Waals surface area (Å²) in [5, 5.41) is 2.67. The highest BCUT2D eigenvalue weighted by molar-refractivity contribution is 7.89. The molecule has 37 heavy (non-hydrogen) atoms. The molecule has 2 aromatic carbocycles. The van der Waals surface area contributed by atoms with Crippen molar-refractivity contribution in [2.24, 2.45) is 0 Å². The van der Waals surface area contributed by atoms with E-state index in [0.29, 0.717) is 56.3 Å². The number of para-hydroxylation sites is 1. The normalized spacial score (nSPS) is 14.5. The number of unbranched alkanes of at least 4 members (excludes halogenated alkanes) is 1. The predicted octanol–water partition coefficient (Wildman–Crippen LogP) is 2.97. The number of aromatic nitrogens is 2. The van der Waals surface area contributed by atoms with E-state index in [2.05, 4.69) is 17.2 Å². The molecule has 198 valence electrons. The van der Waals surface area contributed by atoms with E-state index in [1.54, 1.807) is 42.5 Å². The van der Waals surface area contributed by atoms with Crippen LogP contribution in [0.2, 0.25) is 0 Å². The summed E-state index contributed by atoms with van der Waals surface area (Å²) in [6.45, 7) is 3.81.